The predicted molar refractivity (Wildman–Crippen MR) is 89.3 cm³/mol. The average Bonchev–Trinajstić information content (AvgIpc) is 3.27. The Hall–Kier alpha value is -1.88. The Morgan fingerprint density at radius 1 is 1.26 bits per heavy atom. The van der Waals surface area contributed by atoms with E-state index in [1.54, 1.807) is 0 Å². The van der Waals surface area contributed by atoms with Crippen LogP contribution in [0, 0.1) is 0 Å². The first kappa shape index (κ1) is 16.0. The quantitative estimate of drug-likeness (QED) is 0.847. The average molecular weight is 315 g/mol. The van der Waals surface area contributed by atoms with Crippen molar-refractivity contribution in [1.82, 2.24) is 10.1 Å². The van der Waals surface area contributed by atoms with E-state index in [0.29, 0.717) is 18.4 Å². The molecule has 0 saturated heterocycles. The van der Waals surface area contributed by atoms with Gasteiger partial charge in [-0.25, -0.2) is 0 Å². The maximum absolute atomic E-state index is 9.71. The van der Waals surface area contributed by atoms with Gasteiger partial charge in [0.2, 0.25) is 5.89 Å². The van der Waals surface area contributed by atoms with Crippen molar-refractivity contribution >= 4 is 5.69 Å². The molecule has 1 heterocycles. The maximum atomic E-state index is 9.71. The number of benzene rings is 1. The fraction of sp³-hybridized carbons (Fsp3) is 0.556. The van der Waals surface area contributed by atoms with Gasteiger partial charge in [-0.05, 0) is 31.4 Å². The summed E-state index contributed by atoms with van der Waals surface area (Å²) in [5, 5.41) is 13.9. The summed E-state index contributed by atoms with van der Waals surface area (Å²) < 4.78 is 5.48. The number of anilines is 1. The molecule has 1 saturated carbocycles. The standard InChI is InChI=1S/C18H25N3O2/c1-2-15(13-22)21(16-10-4-3-5-11-16)12-17-19-18(20-23-17)14-8-6-7-9-14/h3-5,10-11,14-15,22H,2,6-9,12-13H2,1H3. The molecule has 5 heteroatoms. The Kier molecular flexibility index (Phi) is 5.28. The van der Waals surface area contributed by atoms with Crippen molar-refractivity contribution in [3.05, 3.63) is 42.0 Å². The van der Waals surface area contributed by atoms with Crippen LogP contribution in [0.4, 0.5) is 5.69 Å². The molecule has 0 aliphatic heterocycles. The van der Waals surface area contributed by atoms with Crippen LogP contribution in [-0.2, 0) is 6.54 Å². The SMILES string of the molecule is CCC(CO)N(Cc1nc(C2CCCC2)no1)c1ccccc1. The molecule has 1 aliphatic rings. The summed E-state index contributed by atoms with van der Waals surface area (Å²) in [6.45, 7) is 2.71. The number of aliphatic hydroxyl groups is 1. The molecular formula is C18H25N3O2. The van der Waals surface area contributed by atoms with E-state index in [1.807, 2.05) is 30.3 Å². The molecule has 1 aliphatic carbocycles. The molecule has 1 N–H and O–H groups in total. The summed E-state index contributed by atoms with van der Waals surface area (Å²) in [5.74, 6) is 1.93. The first-order chi connectivity index (χ1) is 11.3. The molecule has 3 rings (SSSR count). The van der Waals surface area contributed by atoms with E-state index in [4.69, 9.17) is 4.52 Å². The molecule has 0 radical (unpaired) electrons. The topological polar surface area (TPSA) is 62.4 Å². The van der Waals surface area contributed by atoms with Crippen LogP contribution < -0.4 is 4.90 Å². The Morgan fingerprint density at radius 2 is 2.00 bits per heavy atom. The van der Waals surface area contributed by atoms with E-state index in [9.17, 15) is 5.11 Å². The van der Waals surface area contributed by atoms with E-state index >= 15 is 0 Å². The number of para-hydroxylation sites is 1. The second-order valence-electron chi connectivity index (χ2n) is 6.24. The van der Waals surface area contributed by atoms with Crippen LogP contribution in [0.15, 0.2) is 34.9 Å². The Labute approximate surface area is 137 Å². The number of hydrogen-bond acceptors (Lipinski definition) is 5. The molecule has 0 amide bonds. The van der Waals surface area contributed by atoms with Crippen molar-refractivity contribution in [1.29, 1.82) is 0 Å². The lowest BCUT2D eigenvalue weighted by Gasteiger charge is -2.30. The van der Waals surface area contributed by atoms with Crippen LogP contribution in [0.2, 0.25) is 0 Å². The van der Waals surface area contributed by atoms with Gasteiger partial charge in [0.25, 0.3) is 0 Å². The normalized spacial score (nSPS) is 16.6. The zero-order chi connectivity index (χ0) is 16.1. The summed E-state index contributed by atoms with van der Waals surface area (Å²) in [6, 6.07) is 10.1. The van der Waals surface area contributed by atoms with Gasteiger partial charge in [-0.2, -0.15) is 4.98 Å². The number of nitrogens with zero attached hydrogens (tertiary/aromatic N) is 3. The Morgan fingerprint density at radius 3 is 2.65 bits per heavy atom. The van der Waals surface area contributed by atoms with E-state index in [2.05, 4.69) is 22.0 Å². The number of aromatic nitrogens is 2. The van der Waals surface area contributed by atoms with Gasteiger partial charge in [0, 0.05) is 11.6 Å². The fourth-order valence-electron chi connectivity index (χ4n) is 3.33. The van der Waals surface area contributed by atoms with Gasteiger partial charge in [0.15, 0.2) is 5.82 Å². The molecule has 1 unspecified atom stereocenters. The third-order valence-corrected chi connectivity index (χ3v) is 4.72. The van der Waals surface area contributed by atoms with E-state index < -0.39 is 0 Å². The van der Waals surface area contributed by atoms with Gasteiger partial charge in [-0.3, -0.25) is 0 Å². The molecule has 124 valence electrons. The van der Waals surface area contributed by atoms with Crippen LogP contribution in [0.3, 0.4) is 0 Å². The molecule has 0 spiro atoms. The zero-order valence-corrected chi connectivity index (χ0v) is 13.7. The molecule has 0 bridgehead atoms. The molecule has 1 aromatic heterocycles. The van der Waals surface area contributed by atoms with E-state index in [0.717, 1.165) is 30.8 Å². The summed E-state index contributed by atoms with van der Waals surface area (Å²) >= 11 is 0. The molecule has 1 aromatic carbocycles. The molecule has 2 aromatic rings. The van der Waals surface area contributed by atoms with E-state index in [-0.39, 0.29) is 12.6 Å². The van der Waals surface area contributed by atoms with Gasteiger partial charge < -0.3 is 14.5 Å². The fourth-order valence-corrected chi connectivity index (χ4v) is 3.33. The molecular weight excluding hydrogens is 290 g/mol. The van der Waals surface area contributed by atoms with Crippen molar-refractivity contribution in [2.45, 2.75) is 57.5 Å². The van der Waals surface area contributed by atoms with Gasteiger partial charge in [-0.1, -0.05) is 43.1 Å². The highest BCUT2D eigenvalue weighted by molar-refractivity contribution is 5.47. The van der Waals surface area contributed by atoms with Gasteiger partial charge in [-0.15, -0.1) is 0 Å². The lowest BCUT2D eigenvalue weighted by Crippen LogP contribution is -2.37. The zero-order valence-electron chi connectivity index (χ0n) is 13.7. The van der Waals surface area contributed by atoms with Crippen molar-refractivity contribution in [2.24, 2.45) is 0 Å². The van der Waals surface area contributed by atoms with Crippen molar-refractivity contribution in [2.75, 3.05) is 11.5 Å². The minimum absolute atomic E-state index is 0.0410. The van der Waals surface area contributed by atoms with Crippen LogP contribution in [0.5, 0.6) is 0 Å². The summed E-state index contributed by atoms with van der Waals surface area (Å²) in [5.41, 5.74) is 1.06. The lowest BCUT2D eigenvalue weighted by molar-refractivity contribution is 0.251. The number of hydrogen-bond donors (Lipinski definition) is 1. The summed E-state index contributed by atoms with van der Waals surface area (Å²) in [4.78, 5) is 6.75. The van der Waals surface area contributed by atoms with Crippen molar-refractivity contribution in [3.63, 3.8) is 0 Å². The monoisotopic (exact) mass is 315 g/mol. The van der Waals surface area contributed by atoms with Crippen LogP contribution in [0.1, 0.15) is 56.7 Å². The Balaban J connectivity index is 1.78. The lowest BCUT2D eigenvalue weighted by atomic mass is 10.1. The number of aliphatic hydroxyl groups excluding tert-OH is 1. The summed E-state index contributed by atoms with van der Waals surface area (Å²) in [6.07, 6.45) is 5.69. The first-order valence-corrected chi connectivity index (χ1v) is 8.56. The van der Waals surface area contributed by atoms with Crippen molar-refractivity contribution < 1.29 is 9.63 Å². The second-order valence-corrected chi connectivity index (χ2v) is 6.24. The minimum atomic E-state index is 0.0410. The third-order valence-electron chi connectivity index (χ3n) is 4.72. The molecule has 23 heavy (non-hydrogen) atoms. The van der Waals surface area contributed by atoms with Crippen LogP contribution in [-0.4, -0.2) is 27.9 Å². The first-order valence-electron chi connectivity index (χ1n) is 8.56. The molecule has 5 nitrogen and oxygen atoms in total. The Bertz CT molecular complexity index is 589. The predicted octanol–water partition coefficient (Wildman–Crippen LogP) is 3.50. The largest absolute Gasteiger partial charge is 0.394 e. The van der Waals surface area contributed by atoms with Gasteiger partial charge >= 0.3 is 0 Å². The second kappa shape index (κ2) is 7.59. The van der Waals surface area contributed by atoms with Gasteiger partial charge in [0.05, 0.1) is 19.2 Å². The maximum Gasteiger partial charge on any atom is 0.246 e. The number of rotatable bonds is 7. The van der Waals surface area contributed by atoms with Crippen molar-refractivity contribution in [3.8, 4) is 0 Å². The highest BCUT2D eigenvalue weighted by Crippen LogP contribution is 2.32. The third kappa shape index (κ3) is 3.72. The molecule has 1 atom stereocenters. The minimum Gasteiger partial charge on any atom is -0.394 e. The van der Waals surface area contributed by atoms with Crippen LogP contribution in [0.25, 0.3) is 0 Å². The van der Waals surface area contributed by atoms with E-state index in [1.165, 1.54) is 12.8 Å². The smallest absolute Gasteiger partial charge is 0.246 e. The highest BCUT2D eigenvalue weighted by Gasteiger charge is 2.24. The summed E-state index contributed by atoms with van der Waals surface area (Å²) in [7, 11) is 0. The highest BCUT2D eigenvalue weighted by atomic mass is 16.5. The van der Waals surface area contributed by atoms with Crippen LogP contribution >= 0.6 is 0 Å². The molecule has 1 fully saturated rings. The van der Waals surface area contributed by atoms with Gasteiger partial charge in [0.1, 0.15) is 0 Å².